The van der Waals surface area contributed by atoms with Gasteiger partial charge < -0.3 is 11.2 Å². The molecule has 0 bridgehead atoms. The van der Waals surface area contributed by atoms with Gasteiger partial charge in [0.2, 0.25) is 0 Å². The van der Waals surface area contributed by atoms with Crippen molar-refractivity contribution in [3.05, 3.63) is 18.5 Å². The molecule has 3 N–H and O–H groups in total. The van der Waals surface area contributed by atoms with Gasteiger partial charge in [-0.15, -0.1) is 0 Å². The first kappa shape index (κ1) is 6.01. The number of anilines is 1. The molecule has 0 saturated heterocycles. The molecule has 0 fully saturated rings. The van der Waals surface area contributed by atoms with Crippen molar-refractivity contribution < 1.29 is 0 Å². The highest BCUT2D eigenvalue weighted by Gasteiger charge is 1.86. The van der Waals surface area contributed by atoms with Crippen LogP contribution in [0, 0.1) is 0 Å². The number of hydrogen-bond acceptors (Lipinski definition) is 2. The molecule has 0 atom stereocenters. The summed E-state index contributed by atoms with van der Waals surface area (Å²) in [5.74, 6) is 0. The SMILES string of the molecule is CCNn1ccc(N)c1. The summed E-state index contributed by atoms with van der Waals surface area (Å²) in [6.07, 6.45) is 3.72. The molecule has 50 valence electrons. The third-order valence-corrected chi connectivity index (χ3v) is 1.06. The number of nitrogens with one attached hydrogen (secondary N) is 1. The zero-order valence-corrected chi connectivity index (χ0v) is 5.46. The van der Waals surface area contributed by atoms with Crippen LogP contribution in [0.25, 0.3) is 0 Å². The van der Waals surface area contributed by atoms with Gasteiger partial charge in [0.15, 0.2) is 0 Å². The quantitative estimate of drug-likeness (QED) is 0.609. The first-order chi connectivity index (χ1) is 4.33. The van der Waals surface area contributed by atoms with E-state index in [9.17, 15) is 0 Å². The van der Waals surface area contributed by atoms with Gasteiger partial charge in [0.05, 0.1) is 5.69 Å². The number of hydrogen-bond donors (Lipinski definition) is 2. The van der Waals surface area contributed by atoms with Crippen LogP contribution in [-0.2, 0) is 0 Å². The summed E-state index contributed by atoms with van der Waals surface area (Å²) >= 11 is 0. The van der Waals surface area contributed by atoms with E-state index in [0.717, 1.165) is 12.2 Å². The van der Waals surface area contributed by atoms with Gasteiger partial charge in [-0.2, -0.15) is 0 Å². The average molecular weight is 125 g/mol. The third-order valence-electron chi connectivity index (χ3n) is 1.06. The summed E-state index contributed by atoms with van der Waals surface area (Å²) in [4.78, 5) is 0. The fourth-order valence-electron chi connectivity index (χ4n) is 0.694. The van der Waals surface area contributed by atoms with E-state index in [-0.39, 0.29) is 0 Å². The summed E-state index contributed by atoms with van der Waals surface area (Å²) in [5, 5.41) is 0. The van der Waals surface area contributed by atoms with Crippen LogP contribution in [0.2, 0.25) is 0 Å². The highest BCUT2D eigenvalue weighted by atomic mass is 15.4. The molecule has 0 aliphatic carbocycles. The van der Waals surface area contributed by atoms with Gasteiger partial charge in [-0.05, 0) is 13.0 Å². The lowest BCUT2D eigenvalue weighted by Gasteiger charge is -2.00. The van der Waals surface area contributed by atoms with E-state index in [2.05, 4.69) is 5.43 Å². The zero-order chi connectivity index (χ0) is 6.69. The van der Waals surface area contributed by atoms with Crippen LogP contribution in [0.4, 0.5) is 5.69 Å². The minimum absolute atomic E-state index is 0.788. The Kier molecular flexibility index (Phi) is 1.63. The maximum atomic E-state index is 5.45. The highest BCUT2D eigenvalue weighted by Crippen LogP contribution is 1.98. The maximum absolute atomic E-state index is 5.45. The van der Waals surface area contributed by atoms with E-state index in [1.54, 1.807) is 0 Å². The van der Waals surface area contributed by atoms with Gasteiger partial charge in [-0.25, -0.2) is 0 Å². The second-order valence-corrected chi connectivity index (χ2v) is 1.86. The second kappa shape index (κ2) is 2.44. The lowest BCUT2D eigenvalue weighted by atomic mass is 10.6. The summed E-state index contributed by atoms with van der Waals surface area (Å²) in [7, 11) is 0. The van der Waals surface area contributed by atoms with Crippen LogP contribution in [0.3, 0.4) is 0 Å². The summed E-state index contributed by atoms with van der Waals surface area (Å²) in [6.45, 7) is 2.95. The molecule has 1 aromatic rings. The number of rotatable bonds is 2. The number of nitrogens with zero attached hydrogens (tertiary/aromatic N) is 1. The maximum Gasteiger partial charge on any atom is 0.0515 e. The molecular formula is C6H11N3. The Morgan fingerprint density at radius 1 is 1.78 bits per heavy atom. The van der Waals surface area contributed by atoms with E-state index >= 15 is 0 Å². The predicted octanol–water partition coefficient (Wildman–Crippen LogP) is 0.634. The third kappa shape index (κ3) is 1.38. The molecule has 0 amide bonds. The van der Waals surface area contributed by atoms with Crippen molar-refractivity contribution in [1.82, 2.24) is 4.68 Å². The molecule has 1 heterocycles. The minimum atomic E-state index is 0.788. The number of nitrogen functional groups attached to an aromatic ring is 1. The smallest absolute Gasteiger partial charge is 0.0515 e. The van der Waals surface area contributed by atoms with Crippen molar-refractivity contribution in [2.24, 2.45) is 0 Å². The normalized spacial score (nSPS) is 9.44. The molecule has 3 heteroatoms. The fourth-order valence-corrected chi connectivity index (χ4v) is 0.694. The molecule has 0 aliphatic heterocycles. The van der Waals surface area contributed by atoms with Gasteiger partial charge in [0.1, 0.15) is 0 Å². The topological polar surface area (TPSA) is 43.0 Å². The molecule has 0 unspecified atom stereocenters. The zero-order valence-electron chi connectivity index (χ0n) is 5.46. The Balaban J connectivity index is 2.61. The second-order valence-electron chi connectivity index (χ2n) is 1.86. The van der Waals surface area contributed by atoms with Crippen molar-refractivity contribution in [3.63, 3.8) is 0 Å². The first-order valence-electron chi connectivity index (χ1n) is 3.00. The van der Waals surface area contributed by atoms with Crippen molar-refractivity contribution >= 4 is 5.69 Å². The van der Waals surface area contributed by atoms with Crippen LogP contribution >= 0.6 is 0 Å². The number of nitrogens with two attached hydrogens (primary N) is 1. The summed E-state index contributed by atoms with van der Waals surface area (Å²) < 4.78 is 1.84. The molecule has 3 nitrogen and oxygen atoms in total. The predicted molar refractivity (Wildman–Crippen MR) is 38.7 cm³/mol. The molecule has 9 heavy (non-hydrogen) atoms. The minimum Gasteiger partial charge on any atom is -0.397 e. The van der Waals surface area contributed by atoms with E-state index < -0.39 is 0 Å². The average Bonchev–Trinajstić information content (AvgIpc) is 2.17. The summed E-state index contributed by atoms with van der Waals surface area (Å²) in [5.41, 5.74) is 9.30. The van der Waals surface area contributed by atoms with E-state index in [1.807, 2.05) is 30.1 Å². The Bertz CT molecular complexity index is 180. The Morgan fingerprint density at radius 2 is 2.56 bits per heavy atom. The van der Waals surface area contributed by atoms with Gasteiger partial charge in [-0.1, -0.05) is 0 Å². The van der Waals surface area contributed by atoms with Crippen LogP contribution in [0.5, 0.6) is 0 Å². The Morgan fingerprint density at radius 3 is 3.00 bits per heavy atom. The standard InChI is InChI=1S/C6H11N3/c1-2-8-9-4-3-6(7)5-9/h3-5,8H,2,7H2,1H3. The van der Waals surface area contributed by atoms with Crippen molar-refractivity contribution in [2.45, 2.75) is 6.92 Å². The highest BCUT2D eigenvalue weighted by molar-refractivity contribution is 5.34. The monoisotopic (exact) mass is 125 g/mol. The lowest BCUT2D eigenvalue weighted by molar-refractivity contribution is 0.872. The van der Waals surface area contributed by atoms with E-state index in [4.69, 9.17) is 5.73 Å². The molecule has 0 spiro atoms. The molecule has 0 saturated carbocycles. The Labute approximate surface area is 54.4 Å². The summed E-state index contributed by atoms with van der Waals surface area (Å²) in [6, 6.07) is 1.85. The Hall–Kier alpha value is -1.12. The largest absolute Gasteiger partial charge is 0.397 e. The van der Waals surface area contributed by atoms with Crippen LogP contribution in [0.1, 0.15) is 6.92 Å². The van der Waals surface area contributed by atoms with Crippen molar-refractivity contribution in [3.8, 4) is 0 Å². The van der Waals surface area contributed by atoms with E-state index in [1.165, 1.54) is 0 Å². The molecular weight excluding hydrogens is 114 g/mol. The van der Waals surface area contributed by atoms with Gasteiger partial charge in [0.25, 0.3) is 0 Å². The van der Waals surface area contributed by atoms with E-state index in [0.29, 0.717) is 0 Å². The lowest BCUT2D eigenvalue weighted by Crippen LogP contribution is -2.10. The number of aromatic nitrogens is 1. The molecule has 0 aliphatic rings. The molecule has 1 aromatic heterocycles. The van der Waals surface area contributed by atoms with Gasteiger partial charge >= 0.3 is 0 Å². The molecule has 0 radical (unpaired) electrons. The van der Waals surface area contributed by atoms with Gasteiger partial charge in [-0.3, -0.25) is 4.68 Å². The molecule has 1 rings (SSSR count). The fraction of sp³-hybridized carbons (Fsp3) is 0.333. The van der Waals surface area contributed by atoms with Crippen molar-refractivity contribution in [2.75, 3.05) is 17.7 Å². The molecule has 0 aromatic carbocycles. The van der Waals surface area contributed by atoms with Gasteiger partial charge in [0, 0.05) is 18.9 Å². The van der Waals surface area contributed by atoms with Crippen LogP contribution < -0.4 is 11.2 Å². The van der Waals surface area contributed by atoms with Crippen molar-refractivity contribution in [1.29, 1.82) is 0 Å². The van der Waals surface area contributed by atoms with Crippen LogP contribution in [-0.4, -0.2) is 11.2 Å². The first-order valence-corrected chi connectivity index (χ1v) is 3.00. The van der Waals surface area contributed by atoms with Crippen LogP contribution in [0.15, 0.2) is 18.5 Å².